The van der Waals surface area contributed by atoms with Gasteiger partial charge >= 0.3 is 0 Å². The van der Waals surface area contributed by atoms with Crippen molar-refractivity contribution in [3.8, 4) is 11.1 Å². The lowest BCUT2D eigenvalue weighted by Crippen LogP contribution is -2.40. The summed E-state index contributed by atoms with van der Waals surface area (Å²) in [5.41, 5.74) is 6.60. The Bertz CT molecular complexity index is 1500. The number of halogens is 1. The zero-order valence-electron chi connectivity index (χ0n) is 22.1. The van der Waals surface area contributed by atoms with Crippen molar-refractivity contribution >= 4 is 34.2 Å². The number of rotatable bonds is 4. The number of carbonyl (C=O) groups is 1. The Morgan fingerprint density at radius 1 is 1.03 bits per heavy atom. The highest BCUT2D eigenvalue weighted by atomic mass is 35.5. The molecule has 1 aliphatic carbocycles. The number of aliphatic hydroxyl groups is 1. The quantitative estimate of drug-likeness (QED) is 0.306. The van der Waals surface area contributed by atoms with E-state index in [-0.39, 0.29) is 24.1 Å². The van der Waals surface area contributed by atoms with Gasteiger partial charge in [-0.3, -0.25) is 4.79 Å². The molecule has 0 radical (unpaired) electrons. The number of aliphatic hydroxyl groups excluding tert-OH is 1. The van der Waals surface area contributed by atoms with Crippen LogP contribution < -0.4 is 4.90 Å². The number of nitrogens with zero attached hydrogens (tertiary/aromatic N) is 4. The van der Waals surface area contributed by atoms with Gasteiger partial charge in [-0.2, -0.15) is 0 Å². The maximum Gasteiger partial charge on any atom is 0.227 e. The molecular weight excluding hydrogens is 500 g/mol. The van der Waals surface area contributed by atoms with Crippen LogP contribution in [0.2, 0.25) is 5.02 Å². The minimum absolute atomic E-state index is 0.0928. The lowest BCUT2D eigenvalue weighted by atomic mass is 9.92. The molecule has 1 N–H and O–H groups in total. The standard InChI is InChI=1S/C30H33ClN4O3/c1-17-7-9-22(16-24(17)31)34-27(5-4-6-28(34)37)30-32-25-15-20(29-18(2)33-38-19(29)3)8-14-26(25)35(30)21-10-12-23(36)13-11-21/h7-9,14-16,21,23,27,36H,4-6,10-13H2,1-3H3/t21?,23?,27-/m0/s1. The van der Waals surface area contributed by atoms with E-state index >= 15 is 0 Å². The van der Waals surface area contributed by atoms with Crippen LogP contribution in [-0.2, 0) is 4.79 Å². The molecule has 6 rings (SSSR count). The van der Waals surface area contributed by atoms with Crippen molar-refractivity contribution in [3.63, 3.8) is 0 Å². The van der Waals surface area contributed by atoms with Crippen LogP contribution in [0.15, 0.2) is 40.9 Å². The number of fused-ring (bicyclic) bond motifs is 1. The number of benzene rings is 2. The number of imidazole rings is 1. The predicted octanol–water partition coefficient (Wildman–Crippen LogP) is 7.00. The minimum atomic E-state index is -0.252. The Morgan fingerprint density at radius 2 is 1.82 bits per heavy atom. The SMILES string of the molecule is Cc1ccc(N2C(=O)CCC[C@H]2c2nc3cc(-c4c(C)noc4C)ccc3n2C2CCC(O)CC2)cc1Cl. The zero-order valence-corrected chi connectivity index (χ0v) is 22.8. The van der Waals surface area contributed by atoms with Crippen molar-refractivity contribution in [3.05, 3.63) is 64.3 Å². The van der Waals surface area contributed by atoms with E-state index < -0.39 is 0 Å². The van der Waals surface area contributed by atoms with Crippen molar-refractivity contribution in [1.82, 2.24) is 14.7 Å². The van der Waals surface area contributed by atoms with Crippen molar-refractivity contribution in [2.75, 3.05) is 4.90 Å². The Labute approximate surface area is 227 Å². The smallest absolute Gasteiger partial charge is 0.227 e. The maximum absolute atomic E-state index is 13.4. The van der Waals surface area contributed by atoms with Gasteiger partial charge in [-0.1, -0.05) is 28.9 Å². The number of anilines is 1. The fraction of sp³-hybridized carbons (Fsp3) is 0.433. The maximum atomic E-state index is 13.4. The van der Waals surface area contributed by atoms with Crippen molar-refractivity contribution < 1.29 is 14.4 Å². The molecule has 38 heavy (non-hydrogen) atoms. The van der Waals surface area contributed by atoms with Crippen LogP contribution in [0.5, 0.6) is 0 Å². The second-order valence-corrected chi connectivity index (χ2v) is 11.2. The van der Waals surface area contributed by atoms with Gasteiger partial charge in [0.05, 0.1) is 28.9 Å². The summed E-state index contributed by atoms with van der Waals surface area (Å²) in [6, 6.07) is 12.2. The predicted molar refractivity (Wildman–Crippen MR) is 148 cm³/mol. The summed E-state index contributed by atoms with van der Waals surface area (Å²) in [6.07, 6.45) is 5.18. The highest BCUT2D eigenvalue weighted by molar-refractivity contribution is 6.31. The number of piperidine rings is 1. The van der Waals surface area contributed by atoms with Gasteiger partial charge in [-0.25, -0.2) is 4.98 Å². The third-order valence-electron chi connectivity index (χ3n) is 8.25. The fourth-order valence-corrected chi connectivity index (χ4v) is 6.45. The summed E-state index contributed by atoms with van der Waals surface area (Å²) >= 11 is 6.50. The first-order valence-electron chi connectivity index (χ1n) is 13.5. The second-order valence-electron chi connectivity index (χ2n) is 10.8. The normalized spacial score (nSPS) is 22.4. The molecule has 1 saturated carbocycles. The van der Waals surface area contributed by atoms with Gasteiger partial charge in [0.2, 0.25) is 5.91 Å². The van der Waals surface area contributed by atoms with Gasteiger partial charge < -0.3 is 19.1 Å². The summed E-state index contributed by atoms with van der Waals surface area (Å²) in [6.45, 7) is 5.84. The first-order chi connectivity index (χ1) is 18.3. The van der Waals surface area contributed by atoms with E-state index in [0.29, 0.717) is 11.4 Å². The molecule has 1 amide bonds. The van der Waals surface area contributed by atoms with E-state index in [0.717, 1.165) is 89.2 Å². The molecule has 1 aliphatic heterocycles. The van der Waals surface area contributed by atoms with E-state index in [1.54, 1.807) is 0 Å². The molecule has 2 aromatic heterocycles. The molecule has 198 valence electrons. The largest absolute Gasteiger partial charge is 0.393 e. The molecule has 1 atom stereocenters. The summed E-state index contributed by atoms with van der Waals surface area (Å²) in [5, 5.41) is 15.0. The second kappa shape index (κ2) is 9.86. The molecule has 1 saturated heterocycles. The number of amides is 1. The van der Waals surface area contributed by atoms with Crippen LogP contribution >= 0.6 is 11.6 Å². The van der Waals surface area contributed by atoms with Crippen LogP contribution in [-0.4, -0.2) is 31.8 Å². The molecule has 8 heteroatoms. The number of hydrogen-bond acceptors (Lipinski definition) is 5. The van der Waals surface area contributed by atoms with E-state index in [9.17, 15) is 9.90 Å². The van der Waals surface area contributed by atoms with Crippen LogP contribution in [0.4, 0.5) is 5.69 Å². The average molecular weight is 533 g/mol. The number of aryl methyl sites for hydroxylation is 3. The van der Waals surface area contributed by atoms with Gasteiger partial charge in [0.1, 0.15) is 11.6 Å². The van der Waals surface area contributed by atoms with Crippen LogP contribution in [0.1, 0.15) is 79.9 Å². The van der Waals surface area contributed by atoms with Gasteiger partial charge in [0.25, 0.3) is 0 Å². The van der Waals surface area contributed by atoms with Gasteiger partial charge in [0.15, 0.2) is 0 Å². The van der Waals surface area contributed by atoms with Crippen LogP contribution in [0.3, 0.4) is 0 Å². The van der Waals surface area contributed by atoms with Gasteiger partial charge in [-0.15, -0.1) is 0 Å². The first-order valence-corrected chi connectivity index (χ1v) is 13.9. The Kier molecular flexibility index (Phi) is 6.52. The van der Waals surface area contributed by atoms with E-state index in [2.05, 4.69) is 27.9 Å². The molecule has 4 aromatic rings. The summed E-state index contributed by atoms with van der Waals surface area (Å²) < 4.78 is 7.78. The van der Waals surface area contributed by atoms with Crippen molar-refractivity contribution in [1.29, 1.82) is 0 Å². The molecule has 0 unspecified atom stereocenters. The van der Waals surface area contributed by atoms with Crippen molar-refractivity contribution in [2.45, 2.75) is 83.9 Å². The first kappa shape index (κ1) is 25.1. The molecule has 2 fully saturated rings. The molecular formula is C30H33ClN4O3. The van der Waals surface area contributed by atoms with Crippen molar-refractivity contribution in [2.24, 2.45) is 0 Å². The van der Waals surface area contributed by atoms with E-state index in [1.165, 1.54) is 0 Å². The minimum Gasteiger partial charge on any atom is -0.393 e. The topological polar surface area (TPSA) is 84.4 Å². The lowest BCUT2D eigenvalue weighted by molar-refractivity contribution is -0.120. The Hall–Kier alpha value is -3.16. The summed E-state index contributed by atoms with van der Waals surface area (Å²) in [5.74, 6) is 1.78. The molecule has 0 bridgehead atoms. The molecule has 2 aromatic carbocycles. The van der Waals surface area contributed by atoms with Crippen LogP contribution in [0.25, 0.3) is 22.2 Å². The average Bonchev–Trinajstić information content (AvgIpc) is 3.45. The van der Waals surface area contributed by atoms with E-state index in [4.69, 9.17) is 21.1 Å². The number of hydrogen-bond donors (Lipinski definition) is 1. The fourth-order valence-electron chi connectivity index (χ4n) is 6.27. The summed E-state index contributed by atoms with van der Waals surface area (Å²) in [7, 11) is 0. The molecule has 3 heterocycles. The third kappa shape index (κ3) is 4.31. The van der Waals surface area contributed by atoms with E-state index in [1.807, 2.05) is 43.9 Å². The molecule has 2 aliphatic rings. The number of aromatic nitrogens is 3. The highest BCUT2D eigenvalue weighted by Gasteiger charge is 2.36. The van der Waals surface area contributed by atoms with Gasteiger partial charge in [0, 0.05) is 28.7 Å². The Morgan fingerprint density at radius 3 is 2.53 bits per heavy atom. The molecule has 7 nitrogen and oxygen atoms in total. The lowest BCUT2D eigenvalue weighted by Gasteiger charge is -2.37. The number of carbonyl (C=O) groups excluding carboxylic acids is 1. The molecule has 0 spiro atoms. The van der Waals surface area contributed by atoms with Gasteiger partial charge in [-0.05, 0) is 94.7 Å². The summed E-state index contributed by atoms with van der Waals surface area (Å²) in [4.78, 5) is 20.5. The van der Waals surface area contributed by atoms with Crippen LogP contribution in [0, 0.1) is 20.8 Å². The zero-order chi connectivity index (χ0) is 26.6. The Balaban J connectivity index is 1.51. The third-order valence-corrected chi connectivity index (χ3v) is 8.66. The monoisotopic (exact) mass is 532 g/mol. The highest BCUT2D eigenvalue weighted by Crippen LogP contribution is 2.42.